The first-order valence-corrected chi connectivity index (χ1v) is 9.24. The highest BCUT2D eigenvalue weighted by molar-refractivity contribution is 5.95. The summed E-state index contributed by atoms with van der Waals surface area (Å²) in [4.78, 5) is 13.1. The maximum Gasteiger partial charge on any atom is 0.270 e. The van der Waals surface area contributed by atoms with Crippen LogP contribution < -0.4 is 10.1 Å². The van der Waals surface area contributed by atoms with Crippen molar-refractivity contribution in [2.45, 2.75) is 13.0 Å². The second kappa shape index (κ2) is 8.52. The number of nitrogens with zero attached hydrogens (tertiary/aromatic N) is 4. The Morgan fingerprint density at radius 1 is 1.03 bits per heavy atom. The topological polar surface area (TPSA) is 81.9 Å². The van der Waals surface area contributed by atoms with E-state index in [2.05, 4.69) is 20.8 Å². The van der Waals surface area contributed by atoms with Gasteiger partial charge >= 0.3 is 0 Å². The van der Waals surface area contributed by atoms with E-state index >= 15 is 0 Å². The van der Waals surface area contributed by atoms with Crippen molar-refractivity contribution < 1.29 is 13.9 Å². The van der Waals surface area contributed by atoms with E-state index < -0.39 is 17.8 Å². The van der Waals surface area contributed by atoms with Crippen LogP contribution in [0.5, 0.6) is 5.75 Å². The Morgan fingerprint density at radius 2 is 1.73 bits per heavy atom. The van der Waals surface area contributed by atoms with Crippen molar-refractivity contribution in [1.29, 1.82) is 0 Å². The number of amides is 1. The van der Waals surface area contributed by atoms with Crippen LogP contribution in [0.4, 0.5) is 10.1 Å². The van der Waals surface area contributed by atoms with Gasteiger partial charge in [0.1, 0.15) is 17.3 Å². The molecule has 3 aromatic carbocycles. The molecule has 7 nitrogen and oxygen atoms in total. The SMILES string of the molecule is Cc1nnnn1-c1cc(NC(=O)C(Oc2ccccc2)c2ccccc2)ccc1F. The van der Waals surface area contributed by atoms with E-state index in [1.807, 2.05) is 48.5 Å². The van der Waals surface area contributed by atoms with E-state index in [1.54, 1.807) is 19.1 Å². The number of nitrogens with one attached hydrogen (secondary N) is 1. The maximum absolute atomic E-state index is 14.3. The first kappa shape index (κ1) is 19.3. The molecule has 0 saturated carbocycles. The molecule has 1 aromatic heterocycles. The van der Waals surface area contributed by atoms with Crippen LogP contribution in [-0.2, 0) is 4.79 Å². The molecule has 4 rings (SSSR count). The average Bonchev–Trinajstić information content (AvgIpc) is 3.20. The third-order valence-electron chi connectivity index (χ3n) is 4.40. The average molecular weight is 403 g/mol. The van der Waals surface area contributed by atoms with E-state index in [0.717, 1.165) is 0 Å². The molecule has 0 fully saturated rings. The van der Waals surface area contributed by atoms with Crippen LogP contribution in [0.1, 0.15) is 17.5 Å². The normalized spacial score (nSPS) is 11.7. The van der Waals surface area contributed by atoms with Crippen molar-refractivity contribution in [3.05, 3.63) is 96.1 Å². The smallest absolute Gasteiger partial charge is 0.270 e. The number of aromatic nitrogens is 4. The molecule has 1 atom stereocenters. The summed E-state index contributed by atoms with van der Waals surface area (Å²) < 4.78 is 21.5. The number of ether oxygens (including phenoxy) is 1. The third-order valence-corrected chi connectivity index (χ3v) is 4.40. The summed E-state index contributed by atoms with van der Waals surface area (Å²) in [6.45, 7) is 1.66. The molecule has 30 heavy (non-hydrogen) atoms. The van der Waals surface area contributed by atoms with Crippen molar-refractivity contribution in [3.63, 3.8) is 0 Å². The van der Waals surface area contributed by atoms with E-state index in [-0.39, 0.29) is 5.69 Å². The summed E-state index contributed by atoms with van der Waals surface area (Å²) in [5.74, 6) is 0.0807. The number of anilines is 1. The zero-order valence-corrected chi connectivity index (χ0v) is 16.1. The van der Waals surface area contributed by atoms with Crippen LogP contribution >= 0.6 is 0 Å². The maximum atomic E-state index is 14.3. The molecule has 1 unspecified atom stereocenters. The van der Waals surface area contributed by atoms with Crippen LogP contribution in [-0.4, -0.2) is 26.1 Å². The number of aryl methyl sites for hydroxylation is 1. The Balaban J connectivity index is 1.62. The van der Waals surface area contributed by atoms with Gasteiger partial charge in [-0.3, -0.25) is 4.79 Å². The van der Waals surface area contributed by atoms with E-state index in [4.69, 9.17) is 4.74 Å². The lowest BCUT2D eigenvalue weighted by atomic mass is 10.1. The van der Waals surface area contributed by atoms with Crippen LogP contribution in [0.3, 0.4) is 0 Å². The van der Waals surface area contributed by atoms with Gasteiger partial charge in [0.2, 0.25) is 6.10 Å². The number of para-hydroxylation sites is 1. The summed E-state index contributed by atoms with van der Waals surface area (Å²) in [5.41, 5.74) is 1.22. The minimum Gasteiger partial charge on any atom is -0.476 e. The van der Waals surface area contributed by atoms with E-state index in [0.29, 0.717) is 22.8 Å². The fourth-order valence-corrected chi connectivity index (χ4v) is 2.95. The molecular weight excluding hydrogens is 385 g/mol. The molecule has 0 spiro atoms. The second-order valence-electron chi connectivity index (χ2n) is 6.51. The Kier molecular flexibility index (Phi) is 5.47. The van der Waals surface area contributed by atoms with Gasteiger partial charge in [-0.25, -0.2) is 4.39 Å². The molecule has 0 saturated heterocycles. The van der Waals surface area contributed by atoms with Crippen LogP contribution in [0.25, 0.3) is 5.69 Å². The molecule has 0 aliphatic rings. The number of hydrogen-bond acceptors (Lipinski definition) is 5. The number of carbonyl (C=O) groups excluding carboxylic acids is 1. The molecule has 0 radical (unpaired) electrons. The number of hydrogen-bond donors (Lipinski definition) is 1. The fraction of sp³-hybridized carbons (Fsp3) is 0.0909. The lowest BCUT2D eigenvalue weighted by molar-refractivity contribution is -0.123. The van der Waals surface area contributed by atoms with E-state index in [1.165, 1.54) is 22.9 Å². The molecule has 8 heteroatoms. The number of halogens is 1. The fourth-order valence-electron chi connectivity index (χ4n) is 2.95. The molecule has 1 N–H and O–H groups in total. The number of carbonyl (C=O) groups is 1. The second-order valence-corrected chi connectivity index (χ2v) is 6.51. The number of benzene rings is 3. The Hall–Kier alpha value is -4.07. The van der Waals surface area contributed by atoms with Crippen LogP contribution in [0, 0.1) is 12.7 Å². The number of tetrazole rings is 1. The standard InChI is InChI=1S/C22H18FN5O2/c1-15-25-26-27-28(15)20-14-17(12-13-19(20)23)24-22(29)21(16-8-4-2-5-9-16)30-18-10-6-3-7-11-18/h2-14,21H,1H3,(H,24,29). The van der Waals surface area contributed by atoms with Gasteiger partial charge in [0.05, 0.1) is 0 Å². The van der Waals surface area contributed by atoms with Gasteiger partial charge < -0.3 is 10.1 Å². The number of rotatable bonds is 6. The third kappa shape index (κ3) is 4.17. The molecule has 1 amide bonds. The molecule has 150 valence electrons. The molecule has 0 aliphatic heterocycles. The summed E-state index contributed by atoms with van der Waals surface area (Å²) in [6.07, 6.45) is -0.892. The summed E-state index contributed by atoms with van der Waals surface area (Å²) in [6, 6.07) is 22.4. The highest BCUT2D eigenvalue weighted by atomic mass is 19.1. The summed E-state index contributed by atoms with van der Waals surface area (Å²) in [5, 5.41) is 13.9. The minimum atomic E-state index is -0.892. The molecular formula is C22H18FN5O2. The highest BCUT2D eigenvalue weighted by Crippen LogP contribution is 2.25. The van der Waals surface area contributed by atoms with Gasteiger partial charge in [0.15, 0.2) is 5.82 Å². The van der Waals surface area contributed by atoms with Gasteiger partial charge in [0.25, 0.3) is 5.91 Å². The summed E-state index contributed by atoms with van der Waals surface area (Å²) in [7, 11) is 0. The van der Waals surface area contributed by atoms with E-state index in [9.17, 15) is 9.18 Å². The predicted octanol–water partition coefficient (Wildman–Crippen LogP) is 3.87. The lowest BCUT2D eigenvalue weighted by Crippen LogP contribution is -2.25. The molecule has 0 aliphatic carbocycles. The Bertz CT molecular complexity index is 1150. The highest BCUT2D eigenvalue weighted by Gasteiger charge is 2.23. The summed E-state index contributed by atoms with van der Waals surface area (Å²) >= 11 is 0. The van der Waals surface area contributed by atoms with Crippen molar-refractivity contribution in [1.82, 2.24) is 20.2 Å². The molecule has 4 aromatic rings. The lowest BCUT2D eigenvalue weighted by Gasteiger charge is -2.19. The van der Waals surface area contributed by atoms with Gasteiger partial charge in [-0.1, -0.05) is 48.5 Å². The largest absolute Gasteiger partial charge is 0.476 e. The first-order valence-electron chi connectivity index (χ1n) is 9.24. The quantitative estimate of drug-likeness (QED) is 0.529. The monoisotopic (exact) mass is 403 g/mol. The molecule has 0 bridgehead atoms. The predicted molar refractivity (Wildman–Crippen MR) is 109 cm³/mol. The zero-order chi connectivity index (χ0) is 20.9. The molecule has 1 heterocycles. The van der Waals surface area contributed by atoms with Gasteiger partial charge in [-0.05, 0) is 47.7 Å². The van der Waals surface area contributed by atoms with Crippen LogP contribution in [0.15, 0.2) is 78.9 Å². The van der Waals surface area contributed by atoms with Gasteiger partial charge in [0, 0.05) is 11.3 Å². The van der Waals surface area contributed by atoms with Crippen molar-refractivity contribution in [3.8, 4) is 11.4 Å². The van der Waals surface area contributed by atoms with Crippen molar-refractivity contribution in [2.24, 2.45) is 0 Å². The zero-order valence-electron chi connectivity index (χ0n) is 16.1. The van der Waals surface area contributed by atoms with Crippen molar-refractivity contribution in [2.75, 3.05) is 5.32 Å². The Morgan fingerprint density at radius 3 is 2.40 bits per heavy atom. The van der Waals surface area contributed by atoms with Gasteiger partial charge in [-0.15, -0.1) is 5.10 Å². The Labute approximate surface area is 172 Å². The van der Waals surface area contributed by atoms with Gasteiger partial charge in [-0.2, -0.15) is 4.68 Å². The minimum absolute atomic E-state index is 0.135. The van der Waals surface area contributed by atoms with Crippen LogP contribution in [0.2, 0.25) is 0 Å². The van der Waals surface area contributed by atoms with Crippen molar-refractivity contribution >= 4 is 11.6 Å². The first-order chi connectivity index (χ1) is 14.6.